The molecule has 0 fully saturated rings. The Labute approximate surface area is 77.1 Å². The third-order valence-corrected chi connectivity index (χ3v) is 1.18. The molecule has 5 nitrogen and oxygen atoms in total. The summed E-state index contributed by atoms with van der Waals surface area (Å²) in [5.41, 5.74) is 0. The van der Waals surface area contributed by atoms with Gasteiger partial charge in [-0.25, -0.2) is 4.79 Å². The molecule has 0 aliphatic carbocycles. The number of rotatable bonds is 5. The van der Waals surface area contributed by atoms with Crippen molar-refractivity contribution in [3.05, 3.63) is 12.3 Å². The zero-order valence-electron chi connectivity index (χ0n) is 7.79. The first kappa shape index (κ1) is 11.5. The van der Waals surface area contributed by atoms with Gasteiger partial charge in [-0.2, -0.15) is 0 Å². The van der Waals surface area contributed by atoms with Gasteiger partial charge in [-0.05, 0) is 0 Å². The molecule has 0 atom stereocenters. The van der Waals surface area contributed by atoms with Gasteiger partial charge in [-0.1, -0.05) is 0 Å². The Morgan fingerprint density at radius 2 is 2.08 bits per heavy atom. The van der Waals surface area contributed by atoms with Gasteiger partial charge in [0.25, 0.3) is 0 Å². The molecule has 1 amide bonds. The van der Waals surface area contributed by atoms with Crippen LogP contribution in [0.1, 0.15) is 6.92 Å². The Morgan fingerprint density at radius 3 is 2.62 bits per heavy atom. The first-order valence-electron chi connectivity index (χ1n) is 3.89. The van der Waals surface area contributed by atoms with Crippen molar-refractivity contribution < 1.29 is 14.3 Å². The monoisotopic (exact) mass is 186 g/mol. The predicted molar refractivity (Wildman–Crippen MR) is 47.8 cm³/mol. The number of amides is 1. The number of hydrogen-bond acceptors (Lipinski definition) is 4. The Hall–Kier alpha value is -1.52. The average molecular weight is 186 g/mol. The Morgan fingerprint density at radius 1 is 1.38 bits per heavy atom. The quantitative estimate of drug-likeness (QED) is 0.342. The first-order chi connectivity index (χ1) is 6.16. The van der Waals surface area contributed by atoms with E-state index >= 15 is 0 Å². The molecule has 74 valence electrons. The fourth-order valence-corrected chi connectivity index (χ4v) is 0.589. The molecular weight excluding hydrogens is 172 g/mol. The van der Waals surface area contributed by atoms with Crippen LogP contribution < -0.4 is 10.6 Å². The summed E-state index contributed by atoms with van der Waals surface area (Å²) in [4.78, 5) is 20.9. The topological polar surface area (TPSA) is 67.4 Å². The minimum Gasteiger partial charge on any atom is -0.466 e. The van der Waals surface area contributed by atoms with Crippen LogP contribution in [0.4, 0.5) is 0 Å². The van der Waals surface area contributed by atoms with Gasteiger partial charge in [0.2, 0.25) is 5.91 Å². The highest BCUT2D eigenvalue weighted by Crippen LogP contribution is 1.74. The standard InChI is InChI=1S/C8H14N2O3/c1-7(11)10-6-5-9-4-3-8(12)13-2/h3-4,9H,5-6H2,1-2H3,(H,10,11)/b4-3+. The highest BCUT2D eigenvalue weighted by molar-refractivity contribution is 5.81. The van der Waals surface area contributed by atoms with E-state index in [4.69, 9.17) is 0 Å². The number of hydrogen-bond donors (Lipinski definition) is 2. The maximum atomic E-state index is 10.5. The second kappa shape index (κ2) is 7.15. The van der Waals surface area contributed by atoms with Crippen LogP contribution in [0.5, 0.6) is 0 Å². The van der Waals surface area contributed by atoms with Crippen molar-refractivity contribution in [3.63, 3.8) is 0 Å². The van der Waals surface area contributed by atoms with Crippen molar-refractivity contribution in [1.29, 1.82) is 0 Å². The van der Waals surface area contributed by atoms with E-state index in [1.165, 1.54) is 26.3 Å². The SMILES string of the molecule is COC(=O)/C=C/NCCNC(C)=O. The van der Waals surface area contributed by atoms with Crippen molar-refractivity contribution in [1.82, 2.24) is 10.6 Å². The summed E-state index contributed by atoms with van der Waals surface area (Å²) < 4.78 is 4.36. The zero-order chi connectivity index (χ0) is 10.1. The fourth-order valence-electron chi connectivity index (χ4n) is 0.589. The summed E-state index contributed by atoms with van der Waals surface area (Å²) in [6, 6.07) is 0. The molecule has 0 spiro atoms. The van der Waals surface area contributed by atoms with Crippen molar-refractivity contribution in [3.8, 4) is 0 Å². The van der Waals surface area contributed by atoms with Crippen molar-refractivity contribution in [2.45, 2.75) is 6.92 Å². The second-order valence-corrected chi connectivity index (χ2v) is 2.29. The molecule has 0 aromatic heterocycles. The molecule has 0 radical (unpaired) electrons. The fraction of sp³-hybridized carbons (Fsp3) is 0.500. The summed E-state index contributed by atoms with van der Waals surface area (Å²) in [5, 5.41) is 5.41. The van der Waals surface area contributed by atoms with Crippen molar-refractivity contribution >= 4 is 11.9 Å². The third kappa shape index (κ3) is 8.39. The van der Waals surface area contributed by atoms with E-state index in [0.717, 1.165) is 0 Å². The number of methoxy groups -OCH3 is 1. The number of nitrogens with one attached hydrogen (secondary N) is 2. The number of esters is 1. The molecule has 0 aliphatic rings. The number of ether oxygens (including phenoxy) is 1. The lowest BCUT2D eigenvalue weighted by Crippen LogP contribution is -2.28. The summed E-state index contributed by atoms with van der Waals surface area (Å²) in [6.07, 6.45) is 2.75. The van der Waals surface area contributed by atoms with Gasteiger partial charge in [0.1, 0.15) is 0 Å². The van der Waals surface area contributed by atoms with Gasteiger partial charge in [-0.3, -0.25) is 4.79 Å². The van der Waals surface area contributed by atoms with Crippen LogP contribution in [0.25, 0.3) is 0 Å². The number of carbonyl (C=O) groups excluding carboxylic acids is 2. The molecule has 0 unspecified atom stereocenters. The van der Waals surface area contributed by atoms with Gasteiger partial charge in [-0.15, -0.1) is 0 Å². The predicted octanol–water partition coefficient (Wildman–Crippen LogP) is -0.601. The van der Waals surface area contributed by atoms with Crippen LogP contribution in [0.15, 0.2) is 12.3 Å². The van der Waals surface area contributed by atoms with Crippen LogP contribution in [0.3, 0.4) is 0 Å². The molecule has 0 bridgehead atoms. The minimum absolute atomic E-state index is 0.0706. The highest BCUT2D eigenvalue weighted by Gasteiger charge is 1.89. The van der Waals surface area contributed by atoms with Crippen LogP contribution in [-0.4, -0.2) is 32.1 Å². The molecule has 0 heterocycles. The molecule has 0 aromatic carbocycles. The summed E-state index contributed by atoms with van der Waals surface area (Å²) in [7, 11) is 1.31. The Kier molecular flexibility index (Phi) is 6.31. The normalized spacial score (nSPS) is 9.69. The Bertz CT molecular complexity index is 202. The van der Waals surface area contributed by atoms with E-state index in [-0.39, 0.29) is 5.91 Å². The smallest absolute Gasteiger partial charge is 0.331 e. The highest BCUT2D eigenvalue weighted by atomic mass is 16.5. The second-order valence-electron chi connectivity index (χ2n) is 2.29. The lowest BCUT2D eigenvalue weighted by molar-refractivity contribution is -0.134. The van der Waals surface area contributed by atoms with Crippen molar-refractivity contribution in [2.75, 3.05) is 20.2 Å². The van der Waals surface area contributed by atoms with E-state index < -0.39 is 5.97 Å². The maximum Gasteiger partial charge on any atom is 0.331 e. The molecule has 13 heavy (non-hydrogen) atoms. The third-order valence-electron chi connectivity index (χ3n) is 1.18. The number of carbonyl (C=O) groups is 2. The Balaban J connectivity index is 3.30. The van der Waals surface area contributed by atoms with Crippen LogP contribution in [0.2, 0.25) is 0 Å². The first-order valence-corrected chi connectivity index (χ1v) is 3.89. The molecule has 0 rings (SSSR count). The van der Waals surface area contributed by atoms with E-state index in [1.807, 2.05) is 0 Å². The summed E-state index contributed by atoms with van der Waals surface area (Å²) in [5.74, 6) is -0.481. The van der Waals surface area contributed by atoms with Gasteiger partial charge < -0.3 is 15.4 Å². The molecule has 0 saturated heterocycles. The summed E-state index contributed by atoms with van der Waals surface area (Å²) >= 11 is 0. The van der Waals surface area contributed by atoms with E-state index in [9.17, 15) is 9.59 Å². The van der Waals surface area contributed by atoms with Gasteiger partial charge >= 0.3 is 5.97 Å². The molecule has 0 aliphatic heterocycles. The van der Waals surface area contributed by atoms with Gasteiger partial charge in [0.05, 0.1) is 7.11 Å². The van der Waals surface area contributed by atoms with E-state index in [0.29, 0.717) is 13.1 Å². The minimum atomic E-state index is -0.410. The zero-order valence-corrected chi connectivity index (χ0v) is 7.79. The van der Waals surface area contributed by atoms with Crippen LogP contribution in [-0.2, 0) is 14.3 Å². The average Bonchev–Trinajstić information content (AvgIpc) is 2.10. The maximum absolute atomic E-state index is 10.5. The molecule has 2 N–H and O–H groups in total. The van der Waals surface area contributed by atoms with Crippen molar-refractivity contribution in [2.24, 2.45) is 0 Å². The van der Waals surface area contributed by atoms with Gasteiger partial charge in [0, 0.05) is 32.3 Å². The molecule has 5 heteroatoms. The van der Waals surface area contributed by atoms with E-state index in [2.05, 4.69) is 15.4 Å². The lowest BCUT2D eigenvalue weighted by atomic mass is 10.5. The van der Waals surface area contributed by atoms with Gasteiger partial charge in [0.15, 0.2) is 0 Å². The van der Waals surface area contributed by atoms with E-state index in [1.54, 1.807) is 0 Å². The summed E-state index contributed by atoms with van der Waals surface area (Å²) in [6.45, 7) is 2.55. The van der Waals surface area contributed by atoms with Crippen LogP contribution in [0, 0.1) is 0 Å². The molecule has 0 aromatic rings. The lowest BCUT2D eigenvalue weighted by Gasteiger charge is -2.00. The largest absolute Gasteiger partial charge is 0.466 e. The molecular formula is C8H14N2O3. The molecule has 0 saturated carbocycles. The van der Waals surface area contributed by atoms with Crippen LogP contribution >= 0.6 is 0 Å².